The molecule has 64 valence electrons. The molecule has 11 heavy (non-hydrogen) atoms. The fourth-order valence-electron chi connectivity index (χ4n) is 0.566. The molecule has 0 aromatic rings. The molecule has 0 aromatic heterocycles. The van der Waals surface area contributed by atoms with Crippen molar-refractivity contribution in [1.29, 1.82) is 0 Å². The summed E-state index contributed by atoms with van der Waals surface area (Å²) in [6.07, 6.45) is 0.735. The second-order valence-corrected chi connectivity index (χ2v) is 2.14. The number of esters is 1. The van der Waals surface area contributed by atoms with Gasteiger partial charge in [-0.25, -0.2) is 0 Å². The molecule has 0 aliphatic rings. The summed E-state index contributed by atoms with van der Waals surface area (Å²) in [6, 6.07) is 0. The molecule has 0 spiro atoms. The van der Waals surface area contributed by atoms with Crippen LogP contribution in [-0.4, -0.2) is 23.5 Å². The molecule has 0 atom stereocenters. The van der Waals surface area contributed by atoms with Crippen molar-refractivity contribution in [2.45, 2.75) is 26.7 Å². The molecule has 0 fully saturated rings. The van der Waals surface area contributed by atoms with Gasteiger partial charge in [0.15, 0.2) is 0 Å². The Morgan fingerprint density at radius 1 is 1.55 bits per heavy atom. The molecule has 0 aromatic carbocycles. The first kappa shape index (κ1) is 9.94. The average Bonchev–Trinajstić information content (AvgIpc) is 2.01. The molecule has 0 saturated heterocycles. The van der Waals surface area contributed by atoms with E-state index in [0.717, 1.165) is 0 Å². The first-order chi connectivity index (χ1) is 5.20. The molecular weight excluding hydrogens is 146 g/mol. The second kappa shape index (κ2) is 5.70. The minimum atomic E-state index is -0.254. The van der Waals surface area contributed by atoms with Gasteiger partial charge in [0, 0.05) is 0 Å². The topological polar surface area (TPSA) is 58.9 Å². The van der Waals surface area contributed by atoms with Gasteiger partial charge in [-0.15, -0.1) is 0 Å². The van der Waals surface area contributed by atoms with Gasteiger partial charge in [0.25, 0.3) is 0 Å². The summed E-state index contributed by atoms with van der Waals surface area (Å²) in [4.78, 5) is 10.7. The fraction of sp³-hybridized carbons (Fsp3) is 0.714. The van der Waals surface area contributed by atoms with E-state index < -0.39 is 0 Å². The van der Waals surface area contributed by atoms with Gasteiger partial charge in [-0.2, -0.15) is 0 Å². The molecule has 0 heterocycles. The van der Waals surface area contributed by atoms with Crippen molar-refractivity contribution in [3.05, 3.63) is 0 Å². The van der Waals surface area contributed by atoms with E-state index in [0.29, 0.717) is 18.7 Å². The van der Waals surface area contributed by atoms with Gasteiger partial charge in [-0.3, -0.25) is 4.79 Å². The molecule has 0 rings (SSSR count). The van der Waals surface area contributed by atoms with E-state index in [1.54, 1.807) is 13.8 Å². The largest absolute Gasteiger partial charge is 0.466 e. The van der Waals surface area contributed by atoms with Crippen LogP contribution in [0.15, 0.2) is 5.16 Å². The van der Waals surface area contributed by atoms with Crippen molar-refractivity contribution in [3.63, 3.8) is 0 Å². The number of hydrogen-bond acceptors (Lipinski definition) is 4. The van der Waals surface area contributed by atoms with E-state index in [-0.39, 0.29) is 12.4 Å². The molecule has 0 bridgehead atoms. The van der Waals surface area contributed by atoms with E-state index in [2.05, 4.69) is 9.89 Å². The van der Waals surface area contributed by atoms with Gasteiger partial charge in [-0.05, 0) is 20.3 Å². The predicted octanol–water partition coefficient (Wildman–Crippen LogP) is 1.18. The van der Waals surface area contributed by atoms with Crippen molar-refractivity contribution in [2.24, 2.45) is 5.16 Å². The summed E-state index contributed by atoms with van der Waals surface area (Å²) >= 11 is 0. The third-order valence-electron chi connectivity index (χ3n) is 1.17. The molecule has 4 heteroatoms. The third-order valence-corrected chi connectivity index (χ3v) is 1.17. The highest BCUT2D eigenvalue weighted by Crippen LogP contribution is 1.94. The monoisotopic (exact) mass is 159 g/mol. The Hall–Kier alpha value is -1.06. The zero-order valence-corrected chi connectivity index (χ0v) is 6.83. The summed E-state index contributed by atoms with van der Waals surface area (Å²) in [7, 11) is 0. The molecule has 0 amide bonds. The number of rotatable bonds is 4. The number of ether oxygens (including phenoxy) is 1. The molecular formula is C7H13NO3. The lowest BCUT2D eigenvalue weighted by Crippen LogP contribution is -2.05. The molecule has 0 unspecified atom stereocenters. The van der Waals surface area contributed by atoms with E-state index >= 15 is 0 Å². The minimum Gasteiger partial charge on any atom is -0.466 e. The Morgan fingerprint density at radius 2 is 2.18 bits per heavy atom. The van der Waals surface area contributed by atoms with E-state index in [4.69, 9.17) is 5.21 Å². The van der Waals surface area contributed by atoms with Crippen LogP contribution >= 0.6 is 0 Å². The van der Waals surface area contributed by atoms with Gasteiger partial charge < -0.3 is 9.94 Å². The van der Waals surface area contributed by atoms with Crippen LogP contribution in [0.5, 0.6) is 0 Å². The molecule has 1 N–H and O–H groups in total. The van der Waals surface area contributed by atoms with Gasteiger partial charge in [0.05, 0.1) is 18.7 Å². The summed E-state index contributed by atoms with van der Waals surface area (Å²) in [6.45, 7) is 3.80. The Kier molecular flexibility index (Phi) is 5.15. The Morgan fingerprint density at radius 3 is 2.64 bits per heavy atom. The van der Waals surface area contributed by atoms with Crippen LogP contribution in [0.2, 0.25) is 0 Å². The number of hydrogen-bond donors (Lipinski definition) is 1. The van der Waals surface area contributed by atoms with Gasteiger partial charge in [0.1, 0.15) is 0 Å². The van der Waals surface area contributed by atoms with Gasteiger partial charge in [0.2, 0.25) is 0 Å². The first-order valence-electron chi connectivity index (χ1n) is 3.53. The quantitative estimate of drug-likeness (QED) is 0.290. The van der Waals surface area contributed by atoms with Crippen LogP contribution in [0.25, 0.3) is 0 Å². The van der Waals surface area contributed by atoms with Crippen LogP contribution in [-0.2, 0) is 9.53 Å². The zero-order chi connectivity index (χ0) is 8.69. The SMILES string of the molecule is CCOC(=O)CC/C(C)=N\O. The molecule has 4 nitrogen and oxygen atoms in total. The summed E-state index contributed by atoms with van der Waals surface area (Å²) in [5, 5.41) is 11.1. The highest BCUT2D eigenvalue weighted by atomic mass is 16.5. The normalized spacial score (nSPS) is 11.3. The van der Waals surface area contributed by atoms with E-state index in [1.165, 1.54) is 0 Å². The van der Waals surface area contributed by atoms with Crippen molar-refractivity contribution >= 4 is 11.7 Å². The van der Waals surface area contributed by atoms with Crippen LogP contribution in [0.3, 0.4) is 0 Å². The lowest BCUT2D eigenvalue weighted by molar-refractivity contribution is -0.142. The maximum atomic E-state index is 10.7. The maximum Gasteiger partial charge on any atom is 0.306 e. The Bertz CT molecular complexity index is 154. The number of oxime groups is 1. The van der Waals surface area contributed by atoms with Crippen LogP contribution in [0.1, 0.15) is 26.7 Å². The maximum absolute atomic E-state index is 10.7. The predicted molar refractivity (Wildman–Crippen MR) is 40.8 cm³/mol. The fourth-order valence-corrected chi connectivity index (χ4v) is 0.566. The highest BCUT2D eigenvalue weighted by Gasteiger charge is 2.01. The number of carbonyl (C=O) groups is 1. The van der Waals surface area contributed by atoms with Crippen LogP contribution in [0.4, 0.5) is 0 Å². The van der Waals surface area contributed by atoms with Crippen molar-refractivity contribution in [1.82, 2.24) is 0 Å². The average molecular weight is 159 g/mol. The summed E-state index contributed by atoms with van der Waals surface area (Å²) in [5.74, 6) is -0.254. The van der Waals surface area contributed by atoms with Crippen LogP contribution < -0.4 is 0 Å². The Balaban J connectivity index is 3.46. The number of nitrogens with zero attached hydrogens (tertiary/aromatic N) is 1. The van der Waals surface area contributed by atoms with Crippen molar-refractivity contribution in [2.75, 3.05) is 6.61 Å². The third kappa shape index (κ3) is 5.39. The molecule has 0 aliphatic carbocycles. The molecule has 0 radical (unpaired) electrons. The summed E-state index contributed by atoms with van der Waals surface area (Å²) < 4.78 is 4.66. The smallest absolute Gasteiger partial charge is 0.306 e. The van der Waals surface area contributed by atoms with Gasteiger partial charge >= 0.3 is 5.97 Å². The summed E-state index contributed by atoms with van der Waals surface area (Å²) in [5.41, 5.74) is 0.540. The second-order valence-electron chi connectivity index (χ2n) is 2.14. The van der Waals surface area contributed by atoms with Crippen molar-refractivity contribution in [3.8, 4) is 0 Å². The zero-order valence-electron chi connectivity index (χ0n) is 6.83. The number of carbonyl (C=O) groups excluding carboxylic acids is 1. The van der Waals surface area contributed by atoms with E-state index in [9.17, 15) is 4.79 Å². The van der Waals surface area contributed by atoms with E-state index in [1.807, 2.05) is 0 Å². The minimum absolute atomic E-state index is 0.254. The van der Waals surface area contributed by atoms with Crippen molar-refractivity contribution < 1.29 is 14.7 Å². The molecule has 0 aliphatic heterocycles. The first-order valence-corrected chi connectivity index (χ1v) is 3.53. The highest BCUT2D eigenvalue weighted by molar-refractivity contribution is 5.84. The molecule has 0 saturated carbocycles. The Labute approximate surface area is 65.8 Å². The standard InChI is InChI=1S/C7H13NO3/c1-3-11-7(9)5-4-6(2)8-10/h10H,3-5H2,1-2H3/b8-6-. The lowest BCUT2D eigenvalue weighted by Gasteiger charge is -1.99. The van der Waals surface area contributed by atoms with Gasteiger partial charge in [-0.1, -0.05) is 5.16 Å². The lowest BCUT2D eigenvalue weighted by atomic mass is 10.2. The van der Waals surface area contributed by atoms with Crippen LogP contribution in [0, 0.1) is 0 Å².